The van der Waals surface area contributed by atoms with Crippen LogP contribution in [0.1, 0.15) is 51.8 Å². The molecular weight excluding hydrogens is 526 g/mol. The van der Waals surface area contributed by atoms with Gasteiger partial charge < -0.3 is 28.8 Å². The molecule has 0 fully saturated rings. The first-order chi connectivity index (χ1) is 17.1. The molecule has 0 aromatic heterocycles. The van der Waals surface area contributed by atoms with E-state index in [1.165, 1.54) is 20.8 Å². The molecule has 0 heterocycles. The Hall–Kier alpha value is -4.07. The van der Waals surface area contributed by atoms with Crippen molar-refractivity contribution in [2.24, 2.45) is 0 Å². The van der Waals surface area contributed by atoms with Crippen LogP contribution in [0.5, 0.6) is 0 Å². The molecule has 0 spiro atoms. The molecule has 6 nitrogen and oxygen atoms in total. The Bertz CT molecular complexity index is 1020. The van der Waals surface area contributed by atoms with Crippen molar-refractivity contribution in [1.29, 1.82) is 0 Å². The number of carbonyl (C=O) groups excluding carboxylic acids is 6. The van der Waals surface area contributed by atoms with E-state index in [-0.39, 0.29) is 54.5 Å². The minimum atomic E-state index is -0.233. The van der Waals surface area contributed by atoms with Crippen molar-refractivity contribution >= 4 is 54.5 Å². The molecule has 186 valence electrons. The maximum atomic E-state index is 11.2. The molecule has 7 heteroatoms. The second-order valence-electron chi connectivity index (χ2n) is 7.46. The fourth-order valence-electron chi connectivity index (χ4n) is 2.61. The molecule has 0 aliphatic heterocycles. The van der Waals surface area contributed by atoms with E-state index in [0.29, 0.717) is 16.7 Å². The number of ketones is 6. The zero-order chi connectivity index (χ0) is 26.9. The van der Waals surface area contributed by atoms with Gasteiger partial charge in [0, 0.05) is 17.3 Å². The minimum Gasteiger partial charge on any atom is -0.331 e. The average Bonchev–Trinajstić information content (AvgIpc) is 2.85. The van der Waals surface area contributed by atoms with Crippen LogP contribution >= 0.6 is 0 Å². The normalized spacial score (nSPS) is 8.84. The van der Waals surface area contributed by atoms with Gasteiger partial charge in [0.15, 0.2) is 0 Å². The SMILES string of the molecule is CC(=O)[CH-]C(=O)c1ccccc1.CC(=O)[CH-]C(=O)c1ccccc1.CC(=O)[CH-]C(=O)c1ccccc1.[Ga+3]. The third kappa shape index (κ3) is 14.8. The van der Waals surface area contributed by atoms with Crippen LogP contribution in [0.25, 0.3) is 0 Å². The zero-order valence-corrected chi connectivity index (χ0v) is 23.3. The van der Waals surface area contributed by atoms with Crippen molar-refractivity contribution in [2.75, 3.05) is 0 Å². The Labute approximate surface area is 230 Å². The van der Waals surface area contributed by atoms with Crippen LogP contribution < -0.4 is 0 Å². The molecule has 0 unspecified atom stereocenters. The van der Waals surface area contributed by atoms with Crippen molar-refractivity contribution in [2.45, 2.75) is 20.8 Å². The van der Waals surface area contributed by atoms with Crippen LogP contribution in [-0.2, 0) is 14.4 Å². The number of rotatable bonds is 9. The molecule has 37 heavy (non-hydrogen) atoms. The average molecular weight is 553 g/mol. The molecule has 0 aliphatic carbocycles. The van der Waals surface area contributed by atoms with Crippen LogP contribution in [0, 0.1) is 19.3 Å². The largest absolute Gasteiger partial charge is 3.00 e. The van der Waals surface area contributed by atoms with Gasteiger partial charge in [-0.25, -0.2) is 0 Å². The Morgan fingerprint density at radius 1 is 0.405 bits per heavy atom. The van der Waals surface area contributed by atoms with E-state index in [4.69, 9.17) is 0 Å². The summed E-state index contributed by atoms with van der Waals surface area (Å²) in [7, 11) is 0. The van der Waals surface area contributed by atoms with E-state index in [2.05, 4.69) is 0 Å². The topological polar surface area (TPSA) is 102 Å². The van der Waals surface area contributed by atoms with E-state index in [1.807, 2.05) is 18.2 Å². The van der Waals surface area contributed by atoms with Gasteiger partial charge in [0.05, 0.1) is 17.3 Å². The molecule has 0 saturated carbocycles. The summed E-state index contributed by atoms with van der Waals surface area (Å²) in [5, 5.41) is 0. The molecule has 0 bridgehead atoms. The molecule has 0 aliphatic rings. The summed E-state index contributed by atoms with van der Waals surface area (Å²) in [6, 6.07) is 26.2. The first-order valence-electron chi connectivity index (χ1n) is 10.9. The third-order valence-corrected chi connectivity index (χ3v) is 4.18. The van der Waals surface area contributed by atoms with Crippen LogP contribution in [0.2, 0.25) is 0 Å². The van der Waals surface area contributed by atoms with Gasteiger partial charge in [0.2, 0.25) is 0 Å². The summed E-state index contributed by atoms with van der Waals surface area (Å²) in [4.78, 5) is 65.2. The van der Waals surface area contributed by atoms with Crippen molar-refractivity contribution in [3.05, 3.63) is 127 Å². The maximum absolute atomic E-state index is 11.2. The molecule has 0 amide bonds. The van der Waals surface area contributed by atoms with E-state index in [9.17, 15) is 28.8 Å². The number of benzene rings is 3. The molecule has 3 rings (SSSR count). The molecule has 3 aromatic carbocycles. The quantitative estimate of drug-likeness (QED) is 0.166. The zero-order valence-electron chi connectivity index (χ0n) is 20.9. The van der Waals surface area contributed by atoms with E-state index < -0.39 is 0 Å². The minimum absolute atomic E-state index is 0. The molecule has 0 atom stereocenters. The smallest absolute Gasteiger partial charge is 0.331 e. The summed E-state index contributed by atoms with van der Waals surface area (Å²) in [5.74, 6) is -1.36. The van der Waals surface area contributed by atoms with Crippen LogP contribution in [-0.4, -0.2) is 54.5 Å². The summed E-state index contributed by atoms with van der Waals surface area (Å²) >= 11 is 0. The van der Waals surface area contributed by atoms with E-state index in [0.717, 1.165) is 19.3 Å². The molecular formula is C30H27GaO6. The van der Waals surface area contributed by atoms with Gasteiger partial charge in [-0.3, -0.25) is 0 Å². The van der Waals surface area contributed by atoms with Gasteiger partial charge >= 0.3 is 19.8 Å². The van der Waals surface area contributed by atoms with E-state index >= 15 is 0 Å². The van der Waals surface area contributed by atoms with Crippen LogP contribution in [0.3, 0.4) is 0 Å². The predicted molar refractivity (Wildman–Crippen MR) is 143 cm³/mol. The maximum Gasteiger partial charge on any atom is 3.00 e. The summed E-state index contributed by atoms with van der Waals surface area (Å²) in [6.45, 7) is 4.09. The van der Waals surface area contributed by atoms with Crippen molar-refractivity contribution in [3.8, 4) is 0 Å². The summed E-state index contributed by atoms with van der Waals surface area (Å²) in [5.41, 5.74) is 1.65. The number of hydrogen-bond donors (Lipinski definition) is 0. The summed E-state index contributed by atoms with van der Waals surface area (Å²) < 4.78 is 0. The fourth-order valence-corrected chi connectivity index (χ4v) is 2.61. The van der Waals surface area contributed by atoms with Gasteiger partial charge in [-0.05, 0) is 20.8 Å². The van der Waals surface area contributed by atoms with E-state index in [1.54, 1.807) is 72.8 Å². The third-order valence-electron chi connectivity index (χ3n) is 4.18. The standard InChI is InChI=1S/3C10H9O2.Ga/c3*1-8(11)7-10(12)9-5-3-2-4-6-9;/h3*2-7H,1H3;/q3*-1;+3. The molecule has 0 saturated heterocycles. The molecule has 3 aromatic rings. The van der Waals surface area contributed by atoms with Gasteiger partial charge in [0.25, 0.3) is 0 Å². The first kappa shape index (κ1) is 32.9. The Morgan fingerprint density at radius 3 is 0.757 bits per heavy atom. The van der Waals surface area contributed by atoms with Gasteiger partial charge in [-0.1, -0.05) is 54.6 Å². The second-order valence-corrected chi connectivity index (χ2v) is 7.46. The van der Waals surface area contributed by atoms with Crippen molar-refractivity contribution < 1.29 is 28.8 Å². The molecule has 0 N–H and O–H groups in total. The Morgan fingerprint density at radius 2 is 0.595 bits per heavy atom. The van der Waals surface area contributed by atoms with Crippen molar-refractivity contribution in [3.63, 3.8) is 0 Å². The van der Waals surface area contributed by atoms with Gasteiger partial charge in [-0.2, -0.15) is 0 Å². The number of carbonyl (C=O) groups is 6. The van der Waals surface area contributed by atoms with Gasteiger partial charge in [-0.15, -0.1) is 72.4 Å². The monoisotopic (exact) mass is 552 g/mol. The van der Waals surface area contributed by atoms with Crippen LogP contribution in [0.15, 0.2) is 91.0 Å². The molecule has 0 radical (unpaired) electrons. The predicted octanol–water partition coefficient (Wildman–Crippen LogP) is 4.61. The van der Waals surface area contributed by atoms with Crippen LogP contribution in [0.4, 0.5) is 0 Å². The van der Waals surface area contributed by atoms with Crippen molar-refractivity contribution in [1.82, 2.24) is 0 Å². The number of hydrogen-bond acceptors (Lipinski definition) is 6. The first-order valence-corrected chi connectivity index (χ1v) is 10.9. The summed E-state index contributed by atoms with van der Waals surface area (Å²) in [6.07, 6.45) is 3.28. The Kier molecular flexibility index (Phi) is 16.2. The number of Topliss-reactive ketones (excluding diaryl/α,β-unsaturated/α-hetero) is 6. The second kappa shape index (κ2) is 18.2. The Balaban J connectivity index is 0.000000518. The van der Waals surface area contributed by atoms with Gasteiger partial charge in [0.1, 0.15) is 0 Å². The fraction of sp³-hybridized carbons (Fsp3) is 0.100.